The predicted octanol–water partition coefficient (Wildman–Crippen LogP) is 18.2. The first-order chi connectivity index (χ1) is 31.6. The van der Waals surface area contributed by atoms with E-state index in [9.17, 15) is 9.59 Å². The van der Waals surface area contributed by atoms with Gasteiger partial charge >= 0.3 is 11.9 Å². The average molecular weight is 889 g/mol. The van der Waals surface area contributed by atoms with Crippen LogP contribution in [0, 0.1) is 0 Å². The van der Waals surface area contributed by atoms with E-state index in [0.29, 0.717) is 19.4 Å². The SMILES string of the molecule is CC/C=C\C/C=C\C/C=C\C/C=C\CCCCCCCOCC(COC(=O)CCCCCCC/C=C\C/C=C\CCCCC)OC(=O)CCCCCCC/C=C\C/C=C\CCCCC. The maximum Gasteiger partial charge on any atom is 0.306 e. The lowest BCUT2D eigenvalue weighted by molar-refractivity contribution is -0.163. The van der Waals surface area contributed by atoms with Gasteiger partial charge in [0.15, 0.2) is 6.10 Å². The molecular weight excluding hydrogens is 789 g/mol. The number of hydrogen-bond donors (Lipinski definition) is 0. The minimum atomic E-state index is -0.565. The molecule has 0 bridgehead atoms. The quantitative estimate of drug-likeness (QED) is 0.0346. The van der Waals surface area contributed by atoms with Crippen LogP contribution in [-0.2, 0) is 23.8 Å². The minimum Gasteiger partial charge on any atom is -0.462 e. The lowest BCUT2D eigenvalue weighted by Crippen LogP contribution is -2.30. The van der Waals surface area contributed by atoms with Crippen LogP contribution in [-0.4, -0.2) is 37.9 Å². The van der Waals surface area contributed by atoms with E-state index >= 15 is 0 Å². The van der Waals surface area contributed by atoms with Gasteiger partial charge in [0.2, 0.25) is 0 Å². The largest absolute Gasteiger partial charge is 0.462 e. The second-order valence-electron chi connectivity index (χ2n) is 17.4. The summed E-state index contributed by atoms with van der Waals surface area (Å²) in [5.41, 5.74) is 0. The molecule has 1 atom stereocenters. The van der Waals surface area contributed by atoms with Gasteiger partial charge in [-0.15, -0.1) is 0 Å². The number of allylic oxidation sites excluding steroid dienone is 16. The Kier molecular flexibility index (Phi) is 51.5. The molecule has 0 aromatic rings. The summed E-state index contributed by atoms with van der Waals surface area (Å²) < 4.78 is 17.4. The van der Waals surface area contributed by atoms with Crippen molar-refractivity contribution in [1.29, 1.82) is 0 Å². The minimum absolute atomic E-state index is 0.0598. The van der Waals surface area contributed by atoms with E-state index in [1.807, 2.05) is 0 Å². The van der Waals surface area contributed by atoms with E-state index in [-0.39, 0.29) is 25.2 Å². The van der Waals surface area contributed by atoms with Crippen molar-refractivity contribution < 1.29 is 23.8 Å². The van der Waals surface area contributed by atoms with E-state index in [4.69, 9.17) is 14.2 Å². The van der Waals surface area contributed by atoms with E-state index < -0.39 is 6.10 Å². The molecule has 366 valence electrons. The second-order valence-corrected chi connectivity index (χ2v) is 17.4. The Labute approximate surface area is 396 Å². The number of carbonyl (C=O) groups is 2. The smallest absolute Gasteiger partial charge is 0.306 e. The fourth-order valence-electron chi connectivity index (χ4n) is 7.09. The maximum absolute atomic E-state index is 12.8. The van der Waals surface area contributed by atoms with Crippen molar-refractivity contribution >= 4 is 11.9 Å². The van der Waals surface area contributed by atoms with Gasteiger partial charge in [0, 0.05) is 19.4 Å². The predicted molar refractivity (Wildman–Crippen MR) is 279 cm³/mol. The molecule has 0 aromatic carbocycles. The van der Waals surface area contributed by atoms with E-state index in [0.717, 1.165) is 109 Å². The summed E-state index contributed by atoms with van der Waals surface area (Å²) in [6.45, 7) is 7.59. The molecule has 5 nitrogen and oxygen atoms in total. The maximum atomic E-state index is 12.8. The molecule has 0 aliphatic heterocycles. The van der Waals surface area contributed by atoms with Gasteiger partial charge in [-0.1, -0.05) is 201 Å². The van der Waals surface area contributed by atoms with Crippen molar-refractivity contribution in [2.24, 2.45) is 0 Å². The number of esters is 2. The summed E-state index contributed by atoms with van der Waals surface area (Å²) in [5, 5.41) is 0. The van der Waals surface area contributed by atoms with Crippen molar-refractivity contribution in [2.75, 3.05) is 19.8 Å². The fourth-order valence-corrected chi connectivity index (χ4v) is 7.09. The van der Waals surface area contributed by atoms with E-state index in [1.54, 1.807) is 0 Å². The molecule has 0 saturated heterocycles. The lowest BCUT2D eigenvalue weighted by atomic mass is 10.1. The molecule has 0 spiro atoms. The van der Waals surface area contributed by atoms with Gasteiger partial charge in [-0.3, -0.25) is 9.59 Å². The Bertz CT molecular complexity index is 1230. The van der Waals surface area contributed by atoms with Crippen LogP contribution in [0.4, 0.5) is 0 Å². The Hall–Kier alpha value is -3.18. The zero-order chi connectivity index (χ0) is 46.3. The number of carbonyl (C=O) groups excluding carboxylic acids is 2. The number of rotatable bonds is 48. The zero-order valence-electron chi connectivity index (χ0n) is 42.0. The van der Waals surface area contributed by atoms with Gasteiger partial charge in [-0.2, -0.15) is 0 Å². The normalized spacial score (nSPS) is 13.0. The second kappa shape index (κ2) is 54.2. The Balaban J connectivity index is 4.37. The van der Waals surface area contributed by atoms with Gasteiger partial charge in [-0.05, 0) is 122 Å². The third-order valence-electron chi connectivity index (χ3n) is 11.1. The van der Waals surface area contributed by atoms with Crippen LogP contribution < -0.4 is 0 Å². The number of ether oxygens (including phenoxy) is 3. The zero-order valence-corrected chi connectivity index (χ0v) is 42.0. The topological polar surface area (TPSA) is 61.8 Å². The lowest BCUT2D eigenvalue weighted by Gasteiger charge is -2.18. The Morgan fingerprint density at radius 2 is 0.703 bits per heavy atom. The molecule has 0 heterocycles. The first kappa shape index (κ1) is 60.8. The molecule has 0 N–H and O–H groups in total. The first-order valence-corrected chi connectivity index (χ1v) is 26.8. The highest BCUT2D eigenvalue weighted by molar-refractivity contribution is 5.70. The first-order valence-electron chi connectivity index (χ1n) is 26.8. The Morgan fingerprint density at radius 1 is 0.359 bits per heavy atom. The van der Waals surface area contributed by atoms with Gasteiger partial charge in [0.05, 0.1) is 6.61 Å². The highest BCUT2D eigenvalue weighted by atomic mass is 16.6. The molecular formula is C59H100O5. The molecule has 0 radical (unpaired) electrons. The number of unbranched alkanes of at least 4 members (excludes halogenated alkanes) is 21. The molecule has 0 aromatic heterocycles. The summed E-state index contributed by atoms with van der Waals surface area (Å²) >= 11 is 0. The van der Waals surface area contributed by atoms with Gasteiger partial charge in [0.25, 0.3) is 0 Å². The molecule has 0 aliphatic carbocycles. The average Bonchev–Trinajstić information content (AvgIpc) is 3.30. The third kappa shape index (κ3) is 51.5. The van der Waals surface area contributed by atoms with E-state index in [2.05, 4.69) is 118 Å². The van der Waals surface area contributed by atoms with Crippen LogP contribution in [0.15, 0.2) is 97.2 Å². The van der Waals surface area contributed by atoms with Crippen LogP contribution >= 0.6 is 0 Å². The van der Waals surface area contributed by atoms with Gasteiger partial charge in [0.1, 0.15) is 6.61 Å². The summed E-state index contributed by atoms with van der Waals surface area (Å²) in [6, 6.07) is 0. The van der Waals surface area contributed by atoms with Crippen LogP contribution in [0.5, 0.6) is 0 Å². The third-order valence-corrected chi connectivity index (χ3v) is 11.1. The molecule has 0 rings (SSSR count). The molecule has 1 unspecified atom stereocenters. The summed E-state index contributed by atoms with van der Waals surface area (Å²) in [7, 11) is 0. The van der Waals surface area contributed by atoms with Crippen LogP contribution in [0.1, 0.15) is 239 Å². The summed E-state index contributed by atoms with van der Waals surface area (Å²) in [6.07, 6.45) is 72.7. The van der Waals surface area contributed by atoms with Crippen molar-refractivity contribution in [3.05, 3.63) is 97.2 Å². The van der Waals surface area contributed by atoms with Crippen LogP contribution in [0.2, 0.25) is 0 Å². The highest BCUT2D eigenvalue weighted by Gasteiger charge is 2.17. The standard InChI is InChI=1S/C59H100O5/c1-4-7-10-13-16-19-22-25-28-29-30-33-36-39-42-45-48-51-54-62-55-57(64-59(61)53-50-47-44-41-38-35-32-27-24-21-18-15-12-9-6-3)56-63-58(60)52-49-46-43-40-37-34-31-26-23-20-17-14-11-8-5-2/h7,10,16-21,25-28,30-33,57H,4-6,8-9,11-15,22-24,29,34-56H2,1-3H3/b10-7-,19-16-,20-17-,21-18-,28-25-,31-26-,32-27-,33-30-. The Morgan fingerprint density at radius 3 is 1.12 bits per heavy atom. The molecule has 5 heteroatoms. The van der Waals surface area contributed by atoms with Crippen molar-refractivity contribution in [1.82, 2.24) is 0 Å². The van der Waals surface area contributed by atoms with Gasteiger partial charge < -0.3 is 14.2 Å². The highest BCUT2D eigenvalue weighted by Crippen LogP contribution is 2.13. The van der Waals surface area contributed by atoms with Crippen LogP contribution in [0.25, 0.3) is 0 Å². The van der Waals surface area contributed by atoms with Crippen molar-refractivity contribution in [3.8, 4) is 0 Å². The monoisotopic (exact) mass is 889 g/mol. The van der Waals surface area contributed by atoms with Crippen molar-refractivity contribution in [2.45, 2.75) is 245 Å². The molecule has 0 amide bonds. The molecule has 64 heavy (non-hydrogen) atoms. The number of hydrogen-bond acceptors (Lipinski definition) is 5. The summed E-state index contributed by atoms with van der Waals surface area (Å²) in [4.78, 5) is 25.4. The van der Waals surface area contributed by atoms with Crippen molar-refractivity contribution in [3.63, 3.8) is 0 Å². The van der Waals surface area contributed by atoms with Gasteiger partial charge in [-0.25, -0.2) is 0 Å². The summed E-state index contributed by atoms with van der Waals surface area (Å²) in [5.74, 6) is -0.442. The van der Waals surface area contributed by atoms with Crippen LogP contribution in [0.3, 0.4) is 0 Å². The molecule has 0 fully saturated rings. The molecule has 0 saturated carbocycles. The molecule has 0 aliphatic rings. The fraction of sp³-hybridized carbons (Fsp3) is 0.695. The van der Waals surface area contributed by atoms with E-state index in [1.165, 1.54) is 96.3 Å².